The second kappa shape index (κ2) is 12.0. The normalized spacial score (nSPS) is 11.5. The maximum absolute atomic E-state index is 12.3. The van der Waals surface area contributed by atoms with Crippen molar-refractivity contribution in [3.05, 3.63) is 53.0 Å². The Labute approximate surface area is 202 Å². The molecule has 0 aliphatic rings. The summed E-state index contributed by atoms with van der Waals surface area (Å²) in [7, 11) is -1.01. The summed E-state index contributed by atoms with van der Waals surface area (Å²) in [5.74, 6) is 0.856. The number of thiophene rings is 1. The number of nitrogens with zero attached hydrogens (tertiary/aromatic N) is 2. The molecule has 0 saturated heterocycles. The molecule has 0 saturated carbocycles. The number of hydrogen-bond donors (Lipinski definition) is 1. The minimum atomic E-state index is -3.82. The zero-order valence-electron chi connectivity index (χ0n) is 19.1. The summed E-state index contributed by atoms with van der Waals surface area (Å²) in [6.45, 7) is 1.80. The molecule has 0 amide bonds. The van der Waals surface area contributed by atoms with E-state index in [1.807, 2.05) is 17.5 Å². The first kappa shape index (κ1) is 25.7. The predicted molar refractivity (Wildman–Crippen MR) is 127 cm³/mol. The lowest BCUT2D eigenvalue weighted by atomic mass is 10.2. The van der Waals surface area contributed by atoms with Crippen molar-refractivity contribution in [3.63, 3.8) is 0 Å². The van der Waals surface area contributed by atoms with Gasteiger partial charge in [-0.15, -0.1) is 11.3 Å². The smallest absolute Gasteiger partial charge is 0.321 e. The molecule has 10 nitrogen and oxygen atoms in total. The molecule has 0 atom stereocenters. The molecule has 2 aromatic heterocycles. The number of benzene rings is 1. The van der Waals surface area contributed by atoms with Crippen LogP contribution < -0.4 is 14.2 Å². The molecule has 0 aliphatic carbocycles. The molecule has 1 N–H and O–H groups in total. The summed E-state index contributed by atoms with van der Waals surface area (Å²) < 4.78 is 49.4. The average molecular weight is 510 g/mol. The van der Waals surface area contributed by atoms with Crippen LogP contribution in [0.3, 0.4) is 0 Å². The number of methoxy groups -OCH3 is 1. The zero-order chi connectivity index (χ0) is 24.6. The van der Waals surface area contributed by atoms with Gasteiger partial charge in [0.15, 0.2) is 0 Å². The van der Waals surface area contributed by atoms with Crippen molar-refractivity contribution in [3.8, 4) is 22.5 Å². The van der Waals surface area contributed by atoms with Gasteiger partial charge in [0.1, 0.15) is 18.0 Å². The molecular formula is C22H27N3O7S2. The van der Waals surface area contributed by atoms with E-state index in [2.05, 4.69) is 9.71 Å². The third-order valence-electron chi connectivity index (χ3n) is 4.68. The van der Waals surface area contributed by atoms with Crippen LogP contribution in [0, 0.1) is 0 Å². The molecule has 3 aromatic rings. The van der Waals surface area contributed by atoms with E-state index in [0.717, 1.165) is 9.18 Å². The van der Waals surface area contributed by atoms with Gasteiger partial charge in [-0.3, -0.25) is 4.79 Å². The molecule has 0 radical (unpaired) electrons. The third kappa shape index (κ3) is 6.79. The highest BCUT2D eigenvalue weighted by Gasteiger charge is 2.24. The molecule has 3 rings (SSSR count). The Morgan fingerprint density at radius 3 is 2.62 bits per heavy atom. The molecule has 2 heterocycles. The van der Waals surface area contributed by atoms with Gasteiger partial charge in [-0.2, -0.15) is 12.7 Å². The van der Waals surface area contributed by atoms with Crippen molar-refractivity contribution in [1.82, 2.24) is 14.0 Å². The van der Waals surface area contributed by atoms with Crippen LogP contribution in [0.4, 0.5) is 0 Å². The largest absolute Gasteiger partial charge is 0.493 e. The summed E-state index contributed by atoms with van der Waals surface area (Å²) in [6, 6.07) is 10.8. The summed E-state index contributed by atoms with van der Waals surface area (Å²) in [5.41, 5.74) is 1.35. The highest BCUT2D eigenvalue weighted by molar-refractivity contribution is 7.87. The number of oxazole rings is 1. The van der Waals surface area contributed by atoms with Crippen molar-refractivity contribution >= 4 is 27.5 Å². The molecular weight excluding hydrogens is 482 g/mol. The van der Waals surface area contributed by atoms with Crippen molar-refractivity contribution < 1.29 is 31.8 Å². The average Bonchev–Trinajstić information content (AvgIpc) is 3.50. The molecule has 184 valence electrons. The van der Waals surface area contributed by atoms with Crippen LogP contribution >= 0.6 is 11.3 Å². The molecule has 0 unspecified atom stereocenters. The van der Waals surface area contributed by atoms with Gasteiger partial charge in [0.2, 0.25) is 5.89 Å². The Morgan fingerprint density at radius 2 is 2.00 bits per heavy atom. The Morgan fingerprint density at radius 1 is 1.24 bits per heavy atom. The summed E-state index contributed by atoms with van der Waals surface area (Å²) in [4.78, 5) is 17.2. The fourth-order valence-electron chi connectivity index (χ4n) is 3.03. The lowest BCUT2D eigenvalue weighted by Crippen LogP contribution is -2.41. The van der Waals surface area contributed by atoms with Crippen LogP contribution in [-0.2, 0) is 32.7 Å². The Hall–Kier alpha value is -2.93. The summed E-state index contributed by atoms with van der Waals surface area (Å²) in [5, 5.41) is 1.95. The van der Waals surface area contributed by atoms with E-state index in [-0.39, 0.29) is 19.7 Å². The number of nitrogens with one attached hydrogen (secondary N) is 1. The van der Waals surface area contributed by atoms with E-state index < -0.39 is 16.2 Å². The van der Waals surface area contributed by atoms with Crippen LogP contribution in [0.25, 0.3) is 10.8 Å². The Balaban J connectivity index is 1.58. The van der Waals surface area contributed by atoms with Gasteiger partial charge in [-0.1, -0.05) is 18.2 Å². The zero-order valence-corrected chi connectivity index (χ0v) is 20.8. The quantitative estimate of drug-likeness (QED) is 0.349. The topological polar surface area (TPSA) is 120 Å². The first-order valence-corrected chi connectivity index (χ1v) is 12.8. The van der Waals surface area contributed by atoms with E-state index in [1.54, 1.807) is 31.2 Å². The van der Waals surface area contributed by atoms with Crippen LogP contribution in [-0.4, -0.2) is 57.6 Å². The van der Waals surface area contributed by atoms with Crippen LogP contribution in [0.1, 0.15) is 18.2 Å². The van der Waals surface area contributed by atoms with Gasteiger partial charge in [-0.05, 0) is 36.1 Å². The van der Waals surface area contributed by atoms with Crippen molar-refractivity contribution in [2.75, 3.05) is 33.9 Å². The highest BCUT2D eigenvalue weighted by Crippen LogP contribution is 2.30. The fourth-order valence-corrected chi connectivity index (χ4v) is 4.53. The standard InChI is InChI=1S/C22H27N3O7S2/c1-4-30-20(26)15-25(34(27,28)23-2)14-16-7-9-17(10-8-16)31-12-11-18-22(29-3)32-21(24-18)19-6-5-13-33-19/h5-10,13,23H,4,11-12,14-15H2,1-3H3. The lowest BCUT2D eigenvalue weighted by molar-refractivity contribution is -0.143. The number of hydrogen-bond acceptors (Lipinski definition) is 9. The molecule has 0 bridgehead atoms. The lowest BCUT2D eigenvalue weighted by Gasteiger charge is -2.20. The van der Waals surface area contributed by atoms with Crippen LogP contribution in [0.2, 0.25) is 0 Å². The third-order valence-corrected chi connectivity index (χ3v) is 6.99. The van der Waals surface area contributed by atoms with Crippen molar-refractivity contribution in [2.45, 2.75) is 19.9 Å². The number of esters is 1. The van der Waals surface area contributed by atoms with Crippen molar-refractivity contribution in [2.24, 2.45) is 0 Å². The first-order valence-electron chi connectivity index (χ1n) is 10.5. The first-order chi connectivity index (χ1) is 16.4. The molecule has 0 fully saturated rings. The van der Waals surface area contributed by atoms with Crippen LogP contribution in [0.5, 0.6) is 11.7 Å². The number of carbonyl (C=O) groups excluding carboxylic acids is 1. The number of ether oxygens (including phenoxy) is 3. The number of rotatable bonds is 13. The fraction of sp³-hybridized carbons (Fsp3) is 0.364. The van der Waals surface area contributed by atoms with Gasteiger partial charge in [0.25, 0.3) is 10.2 Å². The Kier molecular flexibility index (Phi) is 9.05. The van der Waals surface area contributed by atoms with E-state index in [0.29, 0.717) is 41.9 Å². The van der Waals surface area contributed by atoms with Gasteiger partial charge in [0, 0.05) is 20.0 Å². The second-order valence-electron chi connectivity index (χ2n) is 6.96. The maximum atomic E-state index is 12.3. The van der Waals surface area contributed by atoms with Crippen LogP contribution in [0.15, 0.2) is 46.2 Å². The molecule has 0 aliphatic heterocycles. The minimum absolute atomic E-state index is 0.00387. The van der Waals surface area contributed by atoms with E-state index in [4.69, 9.17) is 18.6 Å². The summed E-state index contributed by atoms with van der Waals surface area (Å²) in [6.07, 6.45) is 0.480. The number of carbonyl (C=O) groups is 1. The molecule has 34 heavy (non-hydrogen) atoms. The second-order valence-corrected chi connectivity index (χ2v) is 9.78. The van der Waals surface area contributed by atoms with Gasteiger partial charge in [-0.25, -0.2) is 9.71 Å². The van der Waals surface area contributed by atoms with Gasteiger partial charge in [0.05, 0.1) is 25.2 Å². The number of aromatic nitrogens is 1. The maximum Gasteiger partial charge on any atom is 0.321 e. The summed E-state index contributed by atoms with van der Waals surface area (Å²) >= 11 is 1.53. The van der Waals surface area contributed by atoms with Gasteiger partial charge >= 0.3 is 11.9 Å². The molecule has 0 spiro atoms. The predicted octanol–water partition coefficient (Wildman–Crippen LogP) is 2.86. The van der Waals surface area contributed by atoms with Gasteiger partial charge < -0.3 is 18.6 Å². The van der Waals surface area contributed by atoms with E-state index in [9.17, 15) is 13.2 Å². The monoisotopic (exact) mass is 509 g/mol. The van der Waals surface area contributed by atoms with Crippen molar-refractivity contribution in [1.29, 1.82) is 0 Å². The minimum Gasteiger partial charge on any atom is -0.493 e. The van der Waals surface area contributed by atoms with E-state index in [1.165, 1.54) is 25.5 Å². The highest BCUT2D eigenvalue weighted by atomic mass is 32.2. The van der Waals surface area contributed by atoms with E-state index >= 15 is 0 Å². The SMILES string of the molecule is CCOC(=O)CN(Cc1ccc(OCCc2nc(-c3cccs3)oc2OC)cc1)S(=O)(=O)NC. The Bertz CT molecular complexity index is 1160. The molecule has 12 heteroatoms. The molecule has 1 aromatic carbocycles.